The minimum Gasteiger partial charge on any atom is -0.493 e. The molecule has 0 bridgehead atoms. The lowest BCUT2D eigenvalue weighted by Gasteiger charge is -2.13. The van der Waals surface area contributed by atoms with E-state index in [1.807, 2.05) is 0 Å². The van der Waals surface area contributed by atoms with Gasteiger partial charge < -0.3 is 23.7 Å². The molecule has 0 aliphatic carbocycles. The molecule has 0 heterocycles. The van der Waals surface area contributed by atoms with Crippen molar-refractivity contribution >= 4 is 12.1 Å². The molecule has 8 heteroatoms. The Labute approximate surface area is 157 Å². The Balaban J connectivity index is 2.19. The molecule has 0 saturated heterocycles. The van der Waals surface area contributed by atoms with Gasteiger partial charge in [-0.1, -0.05) is 0 Å². The number of nitrogens with one attached hydrogen (secondary N) is 1. The van der Waals surface area contributed by atoms with Gasteiger partial charge in [-0.3, -0.25) is 4.79 Å². The summed E-state index contributed by atoms with van der Waals surface area (Å²) in [6.07, 6.45) is 1.46. The zero-order chi connectivity index (χ0) is 19.8. The third kappa shape index (κ3) is 4.41. The molecule has 0 atom stereocenters. The van der Waals surface area contributed by atoms with Crippen molar-refractivity contribution < 1.29 is 28.5 Å². The summed E-state index contributed by atoms with van der Waals surface area (Å²) in [6, 6.07) is 8.30. The molecule has 0 aliphatic rings. The molecule has 1 N–H and O–H groups in total. The van der Waals surface area contributed by atoms with Crippen molar-refractivity contribution in [1.82, 2.24) is 5.43 Å². The van der Waals surface area contributed by atoms with E-state index in [4.69, 9.17) is 23.7 Å². The van der Waals surface area contributed by atoms with Crippen LogP contribution in [0.5, 0.6) is 28.7 Å². The average Bonchev–Trinajstić information content (AvgIpc) is 2.72. The van der Waals surface area contributed by atoms with Crippen molar-refractivity contribution in [1.29, 1.82) is 0 Å². The first-order valence-electron chi connectivity index (χ1n) is 7.94. The molecule has 2 aromatic rings. The van der Waals surface area contributed by atoms with Crippen LogP contribution in [0.1, 0.15) is 15.9 Å². The van der Waals surface area contributed by atoms with E-state index in [1.54, 1.807) is 30.3 Å². The summed E-state index contributed by atoms with van der Waals surface area (Å²) in [4.78, 5) is 12.3. The third-order valence-electron chi connectivity index (χ3n) is 3.75. The summed E-state index contributed by atoms with van der Waals surface area (Å²) >= 11 is 0. The van der Waals surface area contributed by atoms with E-state index in [1.165, 1.54) is 41.8 Å². The predicted octanol–water partition coefficient (Wildman–Crippen LogP) is 2.49. The van der Waals surface area contributed by atoms with Gasteiger partial charge in [-0.05, 0) is 30.3 Å². The van der Waals surface area contributed by atoms with Crippen LogP contribution in [0.4, 0.5) is 0 Å². The number of hydrazone groups is 1. The number of nitrogens with zero attached hydrogens (tertiary/aromatic N) is 1. The highest BCUT2D eigenvalue weighted by molar-refractivity contribution is 5.96. The second-order valence-corrected chi connectivity index (χ2v) is 5.19. The number of benzene rings is 2. The van der Waals surface area contributed by atoms with Crippen LogP contribution in [0.25, 0.3) is 0 Å². The molecule has 8 nitrogen and oxygen atoms in total. The third-order valence-corrected chi connectivity index (χ3v) is 3.75. The highest BCUT2D eigenvalue weighted by Gasteiger charge is 2.15. The zero-order valence-corrected chi connectivity index (χ0v) is 15.9. The molecule has 0 aromatic heterocycles. The lowest BCUT2D eigenvalue weighted by atomic mass is 10.2. The van der Waals surface area contributed by atoms with Crippen LogP contribution < -0.4 is 29.1 Å². The highest BCUT2D eigenvalue weighted by atomic mass is 16.5. The minimum atomic E-state index is -0.397. The topological polar surface area (TPSA) is 87.6 Å². The summed E-state index contributed by atoms with van der Waals surface area (Å²) in [5, 5.41) is 3.98. The lowest BCUT2D eigenvalue weighted by Crippen LogP contribution is -2.17. The fourth-order valence-corrected chi connectivity index (χ4v) is 2.43. The van der Waals surface area contributed by atoms with Crippen molar-refractivity contribution in [2.75, 3.05) is 35.5 Å². The monoisotopic (exact) mass is 374 g/mol. The summed E-state index contributed by atoms with van der Waals surface area (Å²) in [5.74, 6) is 2.01. The van der Waals surface area contributed by atoms with Crippen LogP contribution in [0.15, 0.2) is 35.4 Å². The Bertz CT molecular complexity index is 835. The first-order chi connectivity index (χ1) is 13.1. The molecular weight excluding hydrogens is 352 g/mol. The molecule has 0 spiro atoms. The Morgan fingerprint density at radius 2 is 1.44 bits per heavy atom. The van der Waals surface area contributed by atoms with Gasteiger partial charge in [0.15, 0.2) is 23.0 Å². The van der Waals surface area contributed by atoms with E-state index in [0.29, 0.717) is 39.9 Å². The molecule has 0 saturated carbocycles. The number of ether oxygens (including phenoxy) is 5. The first kappa shape index (κ1) is 19.9. The maximum absolute atomic E-state index is 12.3. The quantitative estimate of drug-likeness (QED) is 0.564. The Morgan fingerprint density at radius 3 is 2.04 bits per heavy atom. The van der Waals surface area contributed by atoms with E-state index in [2.05, 4.69) is 10.5 Å². The summed E-state index contributed by atoms with van der Waals surface area (Å²) in [5.41, 5.74) is 3.45. The van der Waals surface area contributed by atoms with E-state index < -0.39 is 5.91 Å². The normalized spacial score (nSPS) is 10.4. The molecule has 2 aromatic carbocycles. The predicted molar refractivity (Wildman–Crippen MR) is 101 cm³/mol. The van der Waals surface area contributed by atoms with Gasteiger partial charge in [0.05, 0.1) is 41.8 Å². The van der Waals surface area contributed by atoms with Gasteiger partial charge in [0, 0.05) is 11.1 Å². The minimum absolute atomic E-state index is 0.379. The smallest absolute Gasteiger partial charge is 0.271 e. The molecule has 144 valence electrons. The molecule has 1 amide bonds. The van der Waals surface area contributed by atoms with Gasteiger partial charge in [0.1, 0.15) is 0 Å². The van der Waals surface area contributed by atoms with E-state index in [-0.39, 0.29) is 0 Å². The van der Waals surface area contributed by atoms with Gasteiger partial charge in [-0.15, -0.1) is 0 Å². The number of hydrogen-bond donors (Lipinski definition) is 1. The fourth-order valence-electron chi connectivity index (χ4n) is 2.43. The van der Waals surface area contributed by atoms with Crippen LogP contribution in [-0.4, -0.2) is 47.7 Å². The van der Waals surface area contributed by atoms with Gasteiger partial charge in [-0.2, -0.15) is 5.10 Å². The van der Waals surface area contributed by atoms with E-state index in [9.17, 15) is 4.79 Å². The summed E-state index contributed by atoms with van der Waals surface area (Å²) in [7, 11) is 7.59. The van der Waals surface area contributed by atoms with Crippen molar-refractivity contribution in [2.45, 2.75) is 0 Å². The largest absolute Gasteiger partial charge is 0.493 e. The molecule has 0 unspecified atom stereocenters. The lowest BCUT2D eigenvalue weighted by molar-refractivity contribution is 0.0954. The number of carbonyl (C=O) groups is 1. The highest BCUT2D eigenvalue weighted by Crippen LogP contribution is 2.39. The van der Waals surface area contributed by atoms with Gasteiger partial charge in [0.2, 0.25) is 5.75 Å². The van der Waals surface area contributed by atoms with Gasteiger partial charge in [-0.25, -0.2) is 5.43 Å². The van der Waals surface area contributed by atoms with E-state index >= 15 is 0 Å². The van der Waals surface area contributed by atoms with Crippen LogP contribution in [0.3, 0.4) is 0 Å². The summed E-state index contributed by atoms with van der Waals surface area (Å²) < 4.78 is 26.3. The van der Waals surface area contributed by atoms with Crippen LogP contribution >= 0.6 is 0 Å². The Kier molecular flexibility index (Phi) is 6.87. The first-order valence-corrected chi connectivity index (χ1v) is 7.94. The molecular formula is C19H22N2O6. The fraction of sp³-hybridized carbons (Fsp3) is 0.263. The molecule has 0 radical (unpaired) electrons. The number of methoxy groups -OCH3 is 5. The average molecular weight is 374 g/mol. The maximum atomic E-state index is 12.3. The van der Waals surface area contributed by atoms with Crippen LogP contribution in [0.2, 0.25) is 0 Å². The maximum Gasteiger partial charge on any atom is 0.271 e. The number of amides is 1. The van der Waals surface area contributed by atoms with Crippen LogP contribution in [0, 0.1) is 0 Å². The summed E-state index contributed by atoms with van der Waals surface area (Å²) in [6.45, 7) is 0. The molecule has 0 aliphatic heterocycles. The Morgan fingerprint density at radius 1 is 0.815 bits per heavy atom. The van der Waals surface area contributed by atoms with E-state index in [0.717, 1.165) is 0 Å². The SMILES string of the molecule is COc1ccc(C(=O)NN=Cc2ccc(OC)c(OC)c2OC)cc1OC. The molecule has 27 heavy (non-hydrogen) atoms. The zero-order valence-electron chi connectivity index (χ0n) is 15.9. The molecule has 2 rings (SSSR count). The Hall–Kier alpha value is -3.42. The van der Waals surface area contributed by atoms with Crippen molar-refractivity contribution in [2.24, 2.45) is 5.10 Å². The van der Waals surface area contributed by atoms with Gasteiger partial charge >= 0.3 is 0 Å². The van der Waals surface area contributed by atoms with Crippen molar-refractivity contribution in [3.05, 3.63) is 41.5 Å². The second-order valence-electron chi connectivity index (χ2n) is 5.19. The molecule has 0 fully saturated rings. The van der Waals surface area contributed by atoms with Gasteiger partial charge in [0.25, 0.3) is 5.91 Å². The second kappa shape index (κ2) is 9.33. The van der Waals surface area contributed by atoms with Crippen molar-refractivity contribution in [3.63, 3.8) is 0 Å². The number of rotatable bonds is 8. The van der Waals surface area contributed by atoms with Crippen LogP contribution in [-0.2, 0) is 0 Å². The number of hydrogen-bond acceptors (Lipinski definition) is 7. The number of carbonyl (C=O) groups excluding carboxylic acids is 1. The standard InChI is InChI=1S/C19H22N2O6/c1-23-14-8-6-12(10-16(14)25-3)19(22)21-20-11-13-7-9-15(24-2)18(27-5)17(13)26-4/h6-11H,1-5H3,(H,21,22). The van der Waals surface area contributed by atoms with Crippen molar-refractivity contribution in [3.8, 4) is 28.7 Å².